The number of phenolic OH excluding ortho intramolecular Hbond substituents is 1. The first-order chi connectivity index (χ1) is 12.2. The van der Waals surface area contributed by atoms with Crippen LogP contribution in [0.5, 0.6) is 11.5 Å². The van der Waals surface area contributed by atoms with Gasteiger partial charge in [-0.2, -0.15) is 0 Å². The lowest BCUT2D eigenvalue weighted by Crippen LogP contribution is -2.02. The van der Waals surface area contributed by atoms with Gasteiger partial charge < -0.3 is 9.84 Å². The molecule has 0 spiro atoms. The predicted octanol–water partition coefficient (Wildman–Crippen LogP) is 5.75. The molecule has 2 rings (SSSR count). The van der Waals surface area contributed by atoms with Gasteiger partial charge in [0.25, 0.3) is 0 Å². The second-order valence-electron chi connectivity index (χ2n) is 6.34. The molecule has 0 heterocycles. The monoisotopic (exact) mass is 340 g/mol. The number of aromatic hydroxyl groups is 1. The standard InChI is InChI=1S/C22H28O3/c1-2-3-4-5-6-7-11-16-25-19-14-15-20(21(23)17-19)22(24)18-12-9-8-10-13-18/h8-10,12-15,17,23H,2-7,11,16H2,1H3. The Morgan fingerprint density at radius 3 is 2.28 bits per heavy atom. The molecule has 0 unspecified atom stereocenters. The lowest BCUT2D eigenvalue weighted by Gasteiger charge is -2.09. The Morgan fingerprint density at radius 1 is 0.920 bits per heavy atom. The van der Waals surface area contributed by atoms with Crippen LogP contribution in [-0.4, -0.2) is 17.5 Å². The van der Waals surface area contributed by atoms with Crippen molar-refractivity contribution in [2.45, 2.75) is 51.9 Å². The van der Waals surface area contributed by atoms with E-state index in [1.54, 1.807) is 24.3 Å². The molecule has 1 N–H and O–H groups in total. The maximum Gasteiger partial charge on any atom is 0.196 e. The molecule has 0 saturated heterocycles. The van der Waals surface area contributed by atoms with Crippen molar-refractivity contribution in [3.8, 4) is 11.5 Å². The molecule has 0 radical (unpaired) electrons. The molecule has 0 aliphatic rings. The SMILES string of the molecule is CCCCCCCCCOc1ccc(C(=O)c2ccccc2)c(O)c1. The molecule has 0 aliphatic carbocycles. The Labute approximate surface area is 150 Å². The Kier molecular flexibility index (Phi) is 8.03. The Morgan fingerprint density at radius 2 is 1.60 bits per heavy atom. The molecule has 3 nitrogen and oxygen atoms in total. The highest BCUT2D eigenvalue weighted by molar-refractivity contribution is 6.10. The van der Waals surface area contributed by atoms with Crippen LogP contribution in [0.2, 0.25) is 0 Å². The summed E-state index contributed by atoms with van der Waals surface area (Å²) in [6, 6.07) is 13.9. The molecule has 2 aromatic rings. The van der Waals surface area contributed by atoms with Crippen molar-refractivity contribution in [3.63, 3.8) is 0 Å². The smallest absolute Gasteiger partial charge is 0.196 e. The number of ether oxygens (including phenoxy) is 1. The van der Waals surface area contributed by atoms with E-state index in [4.69, 9.17) is 4.74 Å². The van der Waals surface area contributed by atoms with Gasteiger partial charge >= 0.3 is 0 Å². The van der Waals surface area contributed by atoms with Crippen LogP contribution in [0.1, 0.15) is 67.8 Å². The van der Waals surface area contributed by atoms with E-state index in [0.717, 1.165) is 6.42 Å². The van der Waals surface area contributed by atoms with Crippen LogP contribution < -0.4 is 4.74 Å². The van der Waals surface area contributed by atoms with E-state index in [1.807, 2.05) is 18.2 Å². The molecule has 0 amide bonds. The van der Waals surface area contributed by atoms with Gasteiger partial charge in [0, 0.05) is 11.6 Å². The minimum atomic E-state index is -0.184. The normalized spacial score (nSPS) is 10.6. The topological polar surface area (TPSA) is 46.5 Å². The third-order valence-electron chi connectivity index (χ3n) is 4.27. The van der Waals surface area contributed by atoms with Crippen LogP contribution in [0.25, 0.3) is 0 Å². The highest BCUT2D eigenvalue weighted by Crippen LogP contribution is 2.26. The summed E-state index contributed by atoms with van der Waals surface area (Å²) in [6.07, 6.45) is 8.64. The van der Waals surface area contributed by atoms with E-state index in [9.17, 15) is 9.90 Å². The fraction of sp³-hybridized carbons (Fsp3) is 0.409. The summed E-state index contributed by atoms with van der Waals surface area (Å²) < 4.78 is 5.68. The minimum Gasteiger partial charge on any atom is -0.507 e. The van der Waals surface area contributed by atoms with Gasteiger partial charge in [-0.05, 0) is 18.6 Å². The molecular weight excluding hydrogens is 312 g/mol. The molecule has 0 aliphatic heterocycles. The van der Waals surface area contributed by atoms with Crippen molar-refractivity contribution in [3.05, 3.63) is 59.7 Å². The van der Waals surface area contributed by atoms with E-state index in [-0.39, 0.29) is 11.5 Å². The molecule has 2 aromatic carbocycles. The zero-order valence-corrected chi connectivity index (χ0v) is 15.0. The summed E-state index contributed by atoms with van der Waals surface area (Å²) in [5.74, 6) is 0.385. The van der Waals surface area contributed by atoms with Crippen LogP contribution in [0.4, 0.5) is 0 Å². The number of rotatable bonds is 11. The number of benzene rings is 2. The number of carbonyl (C=O) groups excluding carboxylic acids is 1. The van der Waals surface area contributed by atoms with E-state index in [0.29, 0.717) is 23.5 Å². The molecule has 0 saturated carbocycles. The van der Waals surface area contributed by atoms with Gasteiger partial charge in [-0.25, -0.2) is 0 Å². The maximum absolute atomic E-state index is 12.4. The lowest BCUT2D eigenvalue weighted by molar-refractivity contribution is 0.103. The van der Waals surface area contributed by atoms with Gasteiger partial charge in [-0.1, -0.05) is 75.8 Å². The summed E-state index contributed by atoms with van der Waals surface area (Å²) in [5, 5.41) is 10.1. The first-order valence-corrected chi connectivity index (χ1v) is 9.28. The molecule has 3 heteroatoms. The quantitative estimate of drug-likeness (QED) is 0.418. The van der Waals surface area contributed by atoms with Crippen molar-refractivity contribution in [2.75, 3.05) is 6.61 Å². The fourth-order valence-corrected chi connectivity index (χ4v) is 2.79. The van der Waals surface area contributed by atoms with E-state index in [1.165, 1.54) is 44.6 Å². The summed E-state index contributed by atoms with van der Waals surface area (Å²) in [5.41, 5.74) is 0.865. The average Bonchev–Trinajstić information content (AvgIpc) is 2.64. The first kappa shape index (κ1) is 19.0. The van der Waals surface area contributed by atoms with Gasteiger partial charge in [-0.15, -0.1) is 0 Å². The van der Waals surface area contributed by atoms with Crippen molar-refractivity contribution in [1.29, 1.82) is 0 Å². The molecule has 0 bridgehead atoms. The number of carbonyl (C=O) groups is 1. The summed E-state index contributed by atoms with van der Waals surface area (Å²) in [6.45, 7) is 2.86. The second-order valence-corrected chi connectivity index (χ2v) is 6.34. The molecule has 0 atom stereocenters. The number of hydrogen-bond donors (Lipinski definition) is 1. The van der Waals surface area contributed by atoms with Crippen molar-refractivity contribution < 1.29 is 14.6 Å². The number of phenols is 1. The van der Waals surface area contributed by atoms with E-state index in [2.05, 4.69) is 6.92 Å². The Balaban J connectivity index is 1.79. The summed E-state index contributed by atoms with van der Waals surface area (Å²) in [4.78, 5) is 12.4. The zero-order chi connectivity index (χ0) is 17.9. The van der Waals surface area contributed by atoms with Gasteiger partial charge in [0.1, 0.15) is 11.5 Å². The third-order valence-corrected chi connectivity index (χ3v) is 4.27. The Bertz CT molecular complexity index is 650. The highest BCUT2D eigenvalue weighted by atomic mass is 16.5. The molecule has 134 valence electrons. The fourth-order valence-electron chi connectivity index (χ4n) is 2.79. The molecule has 25 heavy (non-hydrogen) atoms. The van der Waals surface area contributed by atoms with Crippen LogP contribution in [-0.2, 0) is 0 Å². The largest absolute Gasteiger partial charge is 0.507 e. The van der Waals surface area contributed by atoms with Crippen molar-refractivity contribution in [2.24, 2.45) is 0 Å². The van der Waals surface area contributed by atoms with Gasteiger partial charge in [0.15, 0.2) is 5.78 Å². The third kappa shape index (κ3) is 6.26. The molecular formula is C22H28O3. The van der Waals surface area contributed by atoms with Gasteiger partial charge in [0.2, 0.25) is 0 Å². The number of hydrogen-bond acceptors (Lipinski definition) is 3. The van der Waals surface area contributed by atoms with Gasteiger partial charge in [0.05, 0.1) is 12.2 Å². The van der Waals surface area contributed by atoms with Crippen LogP contribution >= 0.6 is 0 Å². The van der Waals surface area contributed by atoms with Crippen molar-refractivity contribution in [1.82, 2.24) is 0 Å². The first-order valence-electron chi connectivity index (χ1n) is 9.28. The molecule has 0 fully saturated rings. The predicted molar refractivity (Wildman–Crippen MR) is 101 cm³/mol. The van der Waals surface area contributed by atoms with Crippen LogP contribution in [0, 0.1) is 0 Å². The van der Waals surface area contributed by atoms with E-state index < -0.39 is 0 Å². The second kappa shape index (κ2) is 10.5. The lowest BCUT2D eigenvalue weighted by atomic mass is 10.0. The zero-order valence-electron chi connectivity index (χ0n) is 15.0. The molecule has 0 aromatic heterocycles. The average molecular weight is 340 g/mol. The van der Waals surface area contributed by atoms with Crippen molar-refractivity contribution >= 4 is 5.78 Å². The summed E-state index contributed by atoms with van der Waals surface area (Å²) in [7, 11) is 0. The van der Waals surface area contributed by atoms with E-state index >= 15 is 0 Å². The minimum absolute atomic E-state index is 0.0362. The number of ketones is 1. The maximum atomic E-state index is 12.4. The highest BCUT2D eigenvalue weighted by Gasteiger charge is 2.13. The Hall–Kier alpha value is -2.29. The van der Waals surface area contributed by atoms with Crippen LogP contribution in [0.3, 0.4) is 0 Å². The summed E-state index contributed by atoms with van der Waals surface area (Å²) >= 11 is 0. The number of unbranched alkanes of at least 4 members (excludes halogenated alkanes) is 6. The van der Waals surface area contributed by atoms with Crippen LogP contribution in [0.15, 0.2) is 48.5 Å². The van der Waals surface area contributed by atoms with Gasteiger partial charge in [-0.3, -0.25) is 4.79 Å².